The van der Waals surface area contributed by atoms with Crippen molar-refractivity contribution >= 4 is 46.8 Å². The quantitative estimate of drug-likeness (QED) is 0.634. The number of carbonyl (C=O) groups is 2. The van der Waals surface area contributed by atoms with Gasteiger partial charge in [-0.05, 0) is 62.3 Å². The molecular weight excluding hydrogens is 395 g/mol. The normalized spacial score (nSPS) is 21.1. The number of hydrogen-bond donors (Lipinski definition) is 3. The van der Waals surface area contributed by atoms with Crippen LogP contribution in [0.25, 0.3) is 0 Å². The first-order valence-corrected chi connectivity index (χ1v) is 10.8. The number of nitrogens with one attached hydrogen (secondary N) is 2. The first-order chi connectivity index (χ1) is 12.4. The first-order valence-electron chi connectivity index (χ1n) is 8.64. The predicted octanol–water partition coefficient (Wildman–Crippen LogP) is 3.26. The summed E-state index contributed by atoms with van der Waals surface area (Å²) in [7, 11) is 0. The Morgan fingerprint density at radius 2 is 1.96 bits per heavy atom. The van der Waals surface area contributed by atoms with Crippen LogP contribution in [-0.2, 0) is 4.79 Å². The lowest BCUT2D eigenvalue weighted by atomic mass is 9.93. The van der Waals surface area contributed by atoms with Crippen LogP contribution in [0.15, 0.2) is 18.2 Å². The second-order valence-corrected chi connectivity index (χ2v) is 8.27. The van der Waals surface area contributed by atoms with Crippen molar-refractivity contribution < 1.29 is 14.7 Å². The summed E-state index contributed by atoms with van der Waals surface area (Å²) in [5, 5.41) is 16.1. The van der Waals surface area contributed by atoms with Crippen molar-refractivity contribution in [3.63, 3.8) is 0 Å². The van der Waals surface area contributed by atoms with Crippen LogP contribution in [0.3, 0.4) is 0 Å². The molecule has 1 atom stereocenters. The first kappa shape index (κ1) is 21.4. The number of aliphatic hydroxyl groups is 1. The van der Waals surface area contributed by atoms with Gasteiger partial charge in [-0.25, -0.2) is 0 Å². The van der Waals surface area contributed by atoms with E-state index in [4.69, 9.17) is 23.2 Å². The highest BCUT2D eigenvalue weighted by Crippen LogP contribution is 2.21. The Morgan fingerprint density at radius 1 is 1.27 bits per heavy atom. The molecule has 0 saturated heterocycles. The maximum absolute atomic E-state index is 12.7. The van der Waals surface area contributed by atoms with Crippen molar-refractivity contribution in [3.8, 4) is 0 Å². The zero-order valence-corrected chi connectivity index (χ0v) is 17.0. The number of benzene rings is 1. The minimum Gasteiger partial charge on any atom is -0.393 e. The number of carbonyl (C=O) groups excluding carboxylic acids is 2. The van der Waals surface area contributed by atoms with Gasteiger partial charge in [-0.1, -0.05) is 23.2 Å². The Labute approximate surface area is 168 Å². The lowest BCUT2D eigenvalue weighted by molar-refractivity contribution is -0.124. The largest absolute Gasteiger partial charge is 0.393 e. The van der Waals surface area contributed by atoms with E-state index in [1.165, 1.54) is 6.07 Å². The van der Waals surface area contributed by atoms with E-state index in [1.807, 2.05) is 6.26 Å². The SMILES string of the molecule is CSCCC(NC(=O)c1ccc(Cl)cc1Cl)C(=O)NC1CCC(O)CC1. The Kier molecular flexibility index (Phi) is 8.54. The molecule has 2 amide bonds. The minimum atomic E-state index is -0.631. The molecule has 0 aromatic heterocycles. The molecular formula is C18H24Cl2N2O3S. The third kappa shape index (κ3) is 6.34. The number of hydrogen-bond acceptors (Lipinski definition) is 4. The van der Waals surface area contributed by atoms with Crippen molar-refractivity contribution in [2.45, 2.75) is 50.3 Å². The maximum Gasteiger partial charge on any atom is 0.253 e. The molecule has 0 aliphatic heterocycles. The monoisotopic (exact) mass is 418 g/mol. The Morgan fingerprint density at radius 3 is 2.58 bits per heavy atom. The molecule has 1 aliphatic rings. The molecule has 1 aromatic carbocycles. The molecule has 5 nitrogen and oxygen atoms in total. The fraction of sp³-hybridized carbons (Fsp3) is 0.556. The van der Waals surface area contributed by atoms with Crippen LogP contribution >= 0.6 is 35.0 Å². The van der Waals surface area contributed by atoms with Crippen molar-refractivity contribution in [1.82, 2.24) is 10.6 Å². The van der Waals surface area contributed by atoms with E-state index in [0.29, 0.717) is 29.8 Å². The standard InChI is InChI=1S/C18H24Cl2N2O3S/c1-26-9-8-16(18(25)21-12-3-5-13(23)6-4-12)22-17(24)14-7-2-11(19)10-15(14)20/h2,7,10,12-13,16,23H,3-6,8-9H2,1H3,(H,21,25)(H,22,24). The average molecular weight is 419 g/mol. The van der Waals surface area contributed by atoms with Gasteiger partial charge in [-0.3, -0.25) is 9.59 Å². The molecule has 2 rings (SSSR count). The van der Waals surface area contributed by atoms with E-state index in [1.54, 1.807) is 23.9 Å². The van der Waals surface area contributed by atoms with E-state index in [2.05, 4.69) is 10.6 Å². The van der Waals surface area contributed by atoms with Crippen LogP contribution < -0.4 is 10.6 Å². The fourth-order valence-electron chi connectivity index (χ4n) is 2.94. The summed E-state index contributed by atoms with van der Waals surface area (Å²) in [6.07, 6.45) is 5.08. The molecule has 0 bridgehead atoms. The van der Waals surface area contributed by atoms with Gasteiger partial charge < -0.3 is 15.7 Å². The molecule has 144 valence electrons. The molecule has 1 unspecified atom stereocenters. The van der Waals surface area contributed by atoms with Gasteiger partial charge in [0.2, 0.25) is 5.91 Å². The van der Waals surface area contributed by atoms with E-state index in [0.717, 1.165) is 18.6 Å². The Hall–Kier alpha value is -0.950. The van der Waals surface area contributed by atoms with Crippen molar-refractivity contribution in [2.75, 3.05) is 12.0 Å². The van der Waals surface area contributed by atoms with Crippen molar-refractivity contribution in [2.24, 2.45) is 0 Å². The number of thioether (sulfide) groups is 1. The van der Waals surface area contributed by atoms with Crippen LogP contribution in [0.5, 0.6) is 0 Å². The van der Waals surface area contributed by atoms with Crippen LogP contribution in [-0.4, -0.2) is 47.1 Å². The molecule has 0 heterocycles. The van der Waals surface area contributed by atoms with E-state index in [-0.39, 0.29) is 23.1 Å². The average Bonchev–Trinajstić information content (AvgIpc) is 2.60. The van der Waals surface area contributed by atoms with Gasteiger partial charge in [-0.15, -0.1) is 0 Å². The van der Waals surface area contributed by atoms with E-state index < -0.39 is 11.9 Å². The fourth-order valence-corrected chi connectivity index (χ4v) is 3.90. The van der Waals surface area contributed by atoms with Gasteiger partial charge in [0, 0.05) is 11.1 Å². The van der Waals surface area contributed by atoms with Gasteiger partial charge >= 0.3 is 0 Å². The van der Waals surface area contributed by atoms with Crippen LogP contribution in [0, 0.1) is 0 Å². The van der Waals surface area contributed by atoms with Gasteiger partial charge in [0.05, 0.1) is 16.7 Å². The van der Waals surface area contributed by atoms with Crippen molar-refractivity contribution in [1.29, 1.82) is 0 Å². The Balaban J connectivity index is 2.01. The number of aliphatic hydroxyl groups excluding tert-OH is 1. The summed E-state index contributed by atoms with van der Waals surface area (Å²) in [6, 6.07) is 4.05. The topological polar surface area (TPSA) is 78.4 Å². The lowest BCUT2D eigenvalue weighted by Crippen LogP contribution is -2.50. The summed E-state index contributed by atoms with van der Waals surface area (Å²) in [6.45, 7) is 0. The predicted molar refractivity (Wildman–Crippen MR) is 107 cm³/mol. The molecule has 0 spiro atoms. The molecule has 26 heavy (non-hydrogen) atoms. The van der Waals surface area contributed by atoms with Crippen LogP contribution in [0.2, 0.25) is 10.0 Å². The lowest BCUT2D eigenvalue weighted by Gasteiger charge is -2.28. The minimum absolute atomic E-state index is 0.0405. The zero-order chi connectivity index (χ0) is 19.1. The number of halogens is 2. The van der Waals surface area contributed by atoms with Gasteiger partial charge in [0.15, 0.2) is 0 Å². The third-order valence-electron chi connectivity index (χ3n) is 4.45. The van der Waals surface area contributed by atoms with Gasteiger partial charge in [0.1, 0.15) is 6.04 Å². The molecule has 1 aliphatic carbocycles. The summed E-state index contributed by atoms with van der Waals surface area (Å²) < 4.78 is 0. The third-order valence-corrected chi connectivity index (χ3v) is 5.64. The molecule has 0 radical (unpaired) electrons. The molecule has 8 heteroatoms. The van der Waals surface area contributed by atoms with Crippen LogP contribution in [0.4, 0.5) is 0 Å². The molecule has 1 saturated carbocycles. The van der Waals surface area contributed by atoms with Gasteiger partial charge in [0.25, 0.3) is 5.91 Å². The molecule has 1 fully saturated rings. The number of rotatable bonds is 7. The zero-order valence-electron chi connectivity index (χ0n) is 14.6. The summed E-state index contributed by atoms with van der Waals surface area (Å²) in [5.74, 6) is 0.154. The second-order valence-electron chi connectivity index (χ2n) is 6.45. The Bertz CT molecular complexity index is 637. The van der Waals surface area contributed by atoms with Crippen molar-refractivity contribution in [3.05, 3.63) is 33.8 Å². The van der Waals surface area contributed by atoms with Crippen LogP contribution in [0.1, 0.15) is 42.5 Å². The summed E-state index contributed by atoms with van der Waals surface area (Å²) in [4.78, 5) is 25.2. The highest BCUT2D eigenvalue weighted by molar-refractivity contribution is 7.98. The molecule has 3 N–H and O–H groups in total. The summed E-state index contributed by atoms with van der Waals surface area (Å²) in [5.41, 5.74) is 0.291. The maximum atomic E-state index is 12.7. The van der Waals surface area contributed by atoms with E-state index in [9.17, 15) is 14.7 Å². The number of amides is 2. The second kappa shape index (κ2) is 10.4. The molecule has 1 aromatic rings. The highest BCUT2D eigenvalue weighted by atomic mass is 35.5. The van der Waals surface area contributed by atoms with Gasteiger partial charge in [-0.2, -0.15) is 11.8 Å². The smallest absolute Gasteiger partial charge is 0.253 e. The van der Waals surface area contributed by atoms with E-state index >= 15 is 0 Å². The summed E-state index contributed by atoms with van der Waals surface area (Å²) >= 11 is 13.6. The highest BCUT2D eigenvalue weighted by Gasteiger charge is 2.26.